The van der Waals surface area contributed by atoms with E-state index < -0.39 is 37.1 Å². The Labute approximate surface area is 157 Å². The Morgan fingerprint density at radius 2 is 1.93 bits per heavy atom. The molecule has 1 aromatic rings. The molecular weight excluding hydrogens is 376 g/mol. The first-order valence-electron chi connectivity index (χ1n) is 8.61. The van der Waals surface area contributed by atoms with E-state index in [0.717, 1.165) is 25.0 Å². The van der Waals surface area contributed by atoms with Crippen molar-refractivity contribution >= 4 is 27.4 Å². The molecular formula is C17H22N2O7S. The van der Waals surface area contributed by atoms with Gasteiger partial charge in [-0.2, -0.15) is 0 Å². The second-order valence-electron chi connectivity index (χ2n) is 6.48. The number of likely N-dealkylation sites (tertiary alicyclic amines) is 1. The van der Waals surface area contributed by atoms with E-state index in [4.69, 9.17) is 0 Å². The van der Waals surface area contributed by atoms with Crippen molar-refractivity contribution in [3.8, 4) is 0 Å². The van der Waals surface area contributed by atoms with Crippen LogP contribution in [0.1, 0.15) is 37.0 Å². The number of amides is 1. The van der Waals surface area contributed by atoms with E-state index in [-0.39, 0.29) is 18.1 Å². The number of carbonyl (C=O) groups is 2. The predicted octanol–water partition coefficient (Wildman–Crippen LogP) is 1.80. The van der Waals surface area contributed by atoms with Gasteiger partial charge in [0.2, 0.25) is 0 Å². The number of ether oxygens (including phenoxy) is 1. The Morgan fingerprint density at radius 3 is 2.48 bits per heavy atom. The first-order valence-corrected chi connectivity index (χ1v) is 10.3. The van der Waals surface area contributed by atoms with E-state index in [1.165, 1.54) is 13.0 Å². The van der Waals surface area contributed by atoms with Crippen molar-refractivity contribution < 1.29 is 27.7 Å². The maximum absolute atomic E-state index is 12.6. The van der Waals surface area contributed by atoms with Crippen molar-refractivity contribution in [2.75, 3.05) is 25.4 Å². The van der Waals surface area contributed by atoms with Crippen molar-refractivity contribution in [1.82, 2.24) is 4.90 Å². The van der Waals surface area contributed by atoms with Crippen LogP contribution in [0.4, 0.5) is 5.69 Å². The number of piperidine rings is 1. The van der Waals surface area contributed by atoms with Gasteiger partial charge >= 0.3 is 5.97 Å². The minimum Gasteiger partial charge on any atom is -0.465 e. The first-order chi connectivity index (χ1) is 12.7. The normalized spacial score (nSPS) is 15.4. The van der Waals surface area contributed by atoms with Crippen LogP contribution < -0.4 is 0 Å². The molecule has 10 heteroatoms. The Hall–Kier alpha value is -2.49. The van der Waals surface area contributed by atoms with Crippen LogP contribution in [0.2, 0.25) is 0 Å². The third-order valence-corrected chi connectivity index (χ3v) is 6.05. The van der Waals surface area contributed by atoms with Gasteiger partial charge in [0.25, 0.3) is 11.6 Å². The van der Waals surface area contributed by atoms with Gasteiger partial charge in [0.1, 0.15) is 4.90 Å². The number of sulfone groups is 1. The topological polar surface area (TPSA) is 124 Å². The fourth-order valence-electron chi connectivity index (χ4n) is 2.89. The number of rotatable bonds is 6. The summed E-state index contributed by atoms with van der Waals surface area (Å²) >= 11 is 0. The lowest BCUT2D eigenvalue weighted by molar-refractivity contribution is -0.387. The van der Waals surface area contributed by atoms with Crippen LogP contribution in [0.3, 0.4) is 0 Å². The van der Waals surface area contributed by atoms with E-state index in [0.29, 0.717) is 19.0 Å². The van der Waals surface area contributed by atoms with Crippen LogP contribution in [0.5, 0.6) is 0 Å². The molecule has 0 saturated carbocycles. The third kappa shape index (κ3) is 5.03. The highest BCUT2D eigenvalue weighted by Gasteiger charge is 2.31. The summed E-state index contributed by atoms with van der Waals surface area (Å²) < 4.78 is 29.3. The molecule has 148 valence electrons. The monoisotopic (exact) mass is 398 g/mol. The van der Waals surface area contributed by atoms with Gasteiger partial charge in [0.15, 0.2) is 15.6 Å². The number of esters is 1. The fraction of sp³-hybridized carbons (Fsp3) is 0.529. The second-order valence-corrected chi connectivity index (χ2v) is 8.44. The van der Waals surface area contributed by atoms with Crippen molar-refractivity contribution in [1.29, 1.82) is 0 Å². The van der Waals surface area contributed by atoms with Crippen LogP contribution in [-0.4, -0.2) is 55.6 Å². The smallest absolute Gasteiger partial charge is 0.321 e. The SMILES string of the molecule is CCOC(=O)CS(=O)(=O)c1ccc(C(=O)N2CCC(C)CC2)cc1[N+](=O)[O-]. The number of nitro benzene ring substituents is 1. The van der Waals surface area contributed by atoms with E-state index in [9.17, 15) is 28.1 Å². The molecule has 0 aromatic heterocycles. The lowest BCUT2D eigenvalue weighted by Crippen LogP contribution is -2.37. The van der Waals surface area contributed by atoms with Gasteiger partial charge in [-0.05, 0) is 37.8 Å². The zero-order chi connectivity index (χ0) is 20.2. The first kappa shape index (κ1) is 20.8. The van der Waals surface area contributed by atoms with Gasteiger partial charge in [-0.1, -0.05) is 6.92 Å². The van der Waals surface area contributed by atoms with Crippen LogP contribution in [-0.2, 0) is 19.4 Å². The van der Waals surface area contributed by atoms with Crippen molar-refractivity contribution in [3.63, 3.8) is 0 Å². The number of nitro groups is 1. The molecule has 1 aromatic carbocycles. The van der Waals surface area contributed by atoms with Gasteiger partial charge in [-0.3, -0.25) is 19.7 Å². The second kappa shape index (κ2) is 8.47. The molecule has 0 atom stereocenters. The fourth-order valence-corrected chi connectivity index (χ4v) is 4.16. The van der Waals surface area contributed by atoms with Gasteiger partial charge in [0, 0.05) is 24.7 Å². The van der Waals surface area contributed by atoms with Crippen molar-refractivity contribution in [3.05, 3.63) is 33.9 Å². The minimum atomic E-state index is -4.27. The largest absolute Gasteiger partial charge is 0.465 e. The molecule has 1 fully saturated rings. The molecule has 0 spiro atoms. The van der Waals surface area contributed by atoms with Gasteiger partial charge in [0.05, 0.1) is 11.5 Å². The lowest BCUT2D eigenvalue weighted by Gasteiger charge is -2.30. The molecule has 0 bridgehead atoms. The maximum atomic E-state index is 12.6. The highest BCUT2D eigenvalue weighted by atomic mass is 32.2. The van der Waals surface area contributed by atoms with Gasteiger partial charge in [-0.15, -0.1) is 0 Å². The quantitative estimate of drug-likeness (QED) is 0.406. The Morgan fingerprint density at radius 1 is 1.30 bits per heavy atom. The number of carbonyl (C=O) groups excluding carboxylic acids is 2. The third-order valence-electron chi connectivity index (χ3n) is 4.42. The molecule has 0 radical (unpaired) electrons. The van der Waals surface area contributed by atoms with E-state index >= 15 is 0 Å². The summed E-state index contributed by atoms with van der Waals surface area (Å²) in [5.41, 5.74) is -0.679. The van der Waals surface area contributed by atoms with Crippen LogP contribution in [0.15, 0.2) is 23.1 Å². The average molecular weight is 398 g/mol. The molecule has 0 N–H and O–H groups in total. The molecule has 1 aliphatic heterocycles. The molecule has 0 aliphatic carbocycles. The summed E-state index contributed by atoms with van der Waals surface area (Å²) in [5.74, 6) is -1.86. The standard InChI is InChI=1S/C17H22N2O7S/c1-3-26-16(20)11-27(24,25)15-5-4-13(10-14(15)19(22)23)17(21)18-8-6-12(2)7-9-18/h4-5,10,12H,3,6-9,11H2,1-2H3. The summed E-state index contributed by atoms with van der Waals surface area (Å²) in [4.78, 5) is 35.6. The van der Waals surface area contributed by atoms with Crippen LogP contribution >= 0.6 is 0 Å². The highest BCUT2D eigenvalue weighted by molar-refractivity contribution is 7.92. The Bertz CT molecular complexity index is 843. The molecule has 1 aliphatic rings. The molecule has 2 rings (SSSR count). The predicted molar refractivity (Wildman–Crippen MR) is 96.1 cm³/mol. The Kier molecular flexibility index (Phi) is 6.53. The number of hydrogen-bond acceptors (Lipinski definition) is 7. The molecule has 1 saturated heterocycles. The van der Waals surface area contributed by atoms with Crippen LogP contribution in [0, 0.1) is 16.0 Å². The summed E-state index contributed by atoms with van der Waals surface area (Å²) in [6.07, 6.45) is 1.69. The average Bonchev–Trinajstić information content (AvgIpc) is 2.61. The van der Waals surface area contributed by atoms with Crippen molar-refractivity contribution in [2.24, 2.45) is 5.92 Å². The molecule has 1 amide bonds. The van der Waals surface area contributed by atoms with E-state index in [2.05, 4.69) is 11.7 Å². The van der Waals surface area contributed by atoms with Crippen LogP contribution in [0.25, 0.3) is 0 Å². The summed E-state index contributed by atoms with van der Waals surface area (Å²) in [6.45, 7) is 4.72. The highest BCUT2D eigenvalue weighted by Crippen LogP contribution is 2.27. The lowest BCUT2D eigenvalue weighted by atomic mass is 9.98. The maximum Gasteiger partial charge on any atom is 0.321 e. The van der Waals surface area contributed by atoms with Gasteiger partial charge < -0.3 is 9.64 Å². The van der Waals surface area contributed by atoms with Gasteiger partial charge in [-0.25, -0.2) is 8.42 Å². The number of hydrogen-bond donors (Lipinski definition) is 0. The Balaban J connectivity index is 2.32. The van der Waals surface area contributed by atoms with E-state index in [1.54, 1.807) is 4.90 Å². The molecule has 9 nitrogen and oxygen atoms in total. The molecule has 1 heterocycles. The summed E-state index contributed by atoms with van der Waals surface area (Å²) in [6, 6.07) is 3.20. The zero-order valence-electron chi connectivity index (χ0n) is 15.2. The number of nitrogens with zero attached hydrogens (tertiary/aromatic N) is 2. The number of benzene rings is 1. The minimum absolute atomic E-state index is 0.00165. The summed E-state index contributed by atoms with van der Waals surface area (Å²) in [5, 5.41) is 11.4. The van der Waals surface area contributed by atoms with Crippen molar-refractivity contribution in [2.45, 2.75) is 31.6 Å². The molecule has 27 heavy (non-hydrogen) atoms. The molecule has 0 unspecified atom stereocenters. The summed E-state index contributed by atoms with van der Waals surface area (Å²) in [7, 11) is -4.27. The van der Waals surface area contributed by atoms with E-state index in [1.807, 2.05) is 0 Å². The zero-order valence-corrected chi connectivity index (χ0v) is 16.0.